The second-order valence-corrected chi connectivity index (χ2v) is 16.1. The van der Waals surface area contributed by atoms with Gasteiger partial charge in [-0.3, -0.25) is 0 Å². The number of rotatable bonds is 6. The zero-order valence-corrected chi connectivity index (χ0v) is 31.4. The van der Waals surface area contributed by atoms with E-state index in [-0.39, 0.29) is 0 Å². The van der Waals surface area contributed by atoms with Gasteiger partial charge in [0.15, 0.2) is 0 Å². The predicted octanol–water partition coefficient (Wildman–Crippen LogP) is 16.0. The predicted molar refractivity (Wildman–Crippen MR) is 241 cm³/mol. The number of nitrogens with zero attached hydrogens (tertiary/aromatic N) is 1. The summed E-state index contributed by atoms with van der Waals surface area (Å²) in [5.41, 5.74) is 10.9. The highest BCUT2D eigenvalue weighted by molar-refractivity contribution is 7.27. The van der Waals surface area contributed by atoms with Crippen LogP contribution in [0.1, 0.15) is 0 Å². The van der Waals surface area contributed by atoms with Crippen LogP contribution in [0.25, 0.3) is 84.5 Å². The molecule has 0 spiro atoms. The summed E-state index contributed by atoms with van der Waals surface area (Å²) in [7, 11) is 0. The first-order chi connectivity index (χ1) is 27.3. The van der Waals surface area contributed by atoms with E-state index < -0.39 is 0 Å². The van der Waals surface area contributed by atoms with Crippen LogP contribution in [0.5, 0.6) is 0 Å². The minimum Gasteiger partial charge on any atom is -0.309 e. The molecule has 0 saturated carbocycles. The van der Waals surface area contributed by atoms with Crippen LogP contribution in [-0.2, 0) is 0 Å². The summed E-state index contributed by atoms with van der Waals surface area (Å²) in [5, 5.41) is 7.69. The molecule has 258 valence electrons. The van der Waals surface area contributed by atoms with Gasteiger partial charge in [0, 0.05) is 47.0 Å². The molecule has 0 radical (unpaired) electrons. The van der Waals surface area contributed by atoms with Gasteiger partial charge in [-0.2, -0.15) is 0 Å². The Morgan fingerprint density at radius 1 is 0.291 bits per heavy atom. The lowest BCUT2D eigenvalue weighted by Crippen LogP contribution is -2.10. The fraction of sp³-hybridized carbons (Fsp3) is 0. The monoisotopic (exact) mass is 735 g/mol. The first-order valence-electron chi connectivity index (χ1n) is 18.7. The Morgan fingerprint density at radius 2 is 0.818 bits per heavy atom. The highest BCUT2D eigenvalue weighted by atomic mass is 32.1. The van der Waals surface area contributed by atoms with Crippen LogP contribution >= 0.6 is 22.7 Å². The van der Waals surface area contributed by atoms with Crippen LogP contribution in [-0.4, -0.2) is 0 Å². The van der Waals surface area contributed by atoms with E-state index in [0.717, 1.165) is 11.4 Å². The standard InChI is InChI=1S/C52H33NS2/c1-3-13-34(14-4-1)39-30-31-40(43-18-8-7-17-42(39)43)36-25-27-37(28-26-36)53(38-29-32-50-47(33-38)44-19-9-10-24-49(44)54-50)48-23-12-22-46-45-21-11-20-41(51(45)55-52(46)48)35-15-5-2-6-16-35/h1-33H. The number of benzene rings is 9. The van der Waals surface area contributed by atoms with Crippen molar-refractivity contribution in [3.05, 3.63) is 200 Å². The summed E-state index contributed by atoms with van der Waals surface area (Å²) in [6, 6.07) is 73.3. The van der Waals surface area contributed by atoms with Crippen molar-refractivity contribution in [2.24, 2.45) is 0 Å². The molecule has 0 bridgehead atoms. The molecular weight excluding hydrogens is 703 g/mol. The Kier molecular flexibility index (Phi) is 7.61. The van der Waals surface area contributed by atoms with E-state index in [1.54, 1.807) is 0 Å². The third-order valence-corrected chi connectivity index (χ3v) is 13.3. The molecule has 2 heterocycles. The van der Waals surface area contributed by atoms with E-state index in [2.05, 4.69) is 205 Å². The lowest BCUT2D eigenvalue weighted by molar-refractivity contribution is 1.31. The summed E-state index contributed by atoms with van der Waals surface area (Å²) in [5.74, 6) is 0. The quantitative estimate of drug-likeness (QED) is 0.164. The molecule has 1 nitrogen and oxygen atoms in total. The van der Waals surface area contributed by atoms with Gasteiger partial charge in [0.2, 0.25) is 0 Å². The summed E-state index contributed by atoms with van der Waals surface area (Å²) in [4.78, 5) is 2.46. The number of thiophene rings is 2. The highest BCUT2D eigenvalue weighted by Gasteiger charge is 2.21. The van der Waals surface area contributed by atoms with Crippen molar-refractivity contribution in [2.45, 2.75) is 0 Å². The van der Waals surface area contributed by atoms with E-state index in [9.17, 15) is 0 Å². The summed E-state index contributed by atoms with van der Waals surface area (Å²) in [6.07, 6.45) is 0. The Balaban J connectivity index is 1.10. The van der Waals surface area contributed by atoms with Crippen molar-refractivity contribution in [1.29, 1.82) is 0 Å². The van der Waals surface area contributed by atoms with E-state index in [4.69, 9.17) is 0 Å². The van der Waals surface area contributed by atoms with Gasteiger partial charge in [-0.05, 0) is 86.6 Å². The van der Waals surface area contributed by atoms with Crippen molar-refractivity contribution in [2.75, 3.05) is 4.90 Å². The molecule has 3 heteroatoms. The van der Waals surface area contributed by atoms with E-state index in [1.807, 2.05) is 22.7 Å². The Hall–Kier alpha value is -6.52. The molecule has 0 aliphatic carbocycles. The van der Waals surface area contributed by atoms with Crippen molar-refractivity contribution in [1.82, 2.24) is 0 Å². The number of hydrogen-bond donors (Lipinski definition) is 0. The molecule has 0 unspecified atom stereocenters. The first-order valence-corrected chi connectivity index (χ1v) is 20.3. The zero-order valence-electron chi connectivity index (χ0n) is 29.8. The SMILES string of the molecule is c1ccc(-c2ccc(-c3ccc(N(c4ccc5sc6ccccc6c5c4)c4cccc5c4sc4c(-c6ccccc6)cccc45)cc3)c3ccccc23)cc1. The van der Waals surface area contributed by atoms with Crippen LogP contribution < -0.4 is 4.90 Å². The highest BCUT2D eigenvalue weighted by Crippen LogP contribution is 2.48. The van der Waals surface area contributed by atoms with Gasteiger partial charge >= 0.3 is 0 Å². The van der Waals surface area contributed by atoms with Gasteiger partial charge in [0.05, 0.1) is 10.4 Å². The van der Waals surface area contributed by atoms with Crippen molar-refractivity contribution < 1.29 is 0 Å². The van der Waals surface area contributed by atoms with Gasteiger partial charge in [0.25, 0.3) is 0 Å². The molecule has 0 fully saturated rings. The molecule has 0 atom stereocenters. The van der Waals surface area contributed by atoms with Crippen LogP contribution in [0.4, 0.5) is 17.1 Å². The Labute approximate surface area is 327 Å². The maximum atomic E-state index is 2.46. The molecule has 55 heavy (non-hydrogen) atoms. The van der Waals surface area contributed by atoms with Crippen molar-refractivity contribution >= 4 is 90.9 Å². The molecule has 0 aliphatic heterocycles. The van der Waals surface area contributed by atoms with E-state index >= 15 is 0 Å². The maximum absolute atomic E-state index is 2.46. The second-order valence-electron chi connectivity index (χ2n) is 14.0. The molecule has 11 aromatic rings. The van der Waals surface area contributed by atoms with Crippen LogP contribution in [0.15, 0.2) is 200 Å². The van der Waals surface area contributed by atoms with Gasteiger partial charge in [0.1, 0.15) is 0 Å². The number of anilines is 3. The summed E-state index contributed by atoms with van der Waals surface area (Å²) in [6.45, 7) is 0. The van der Waals surface area contributed by atoms with Gasteiger partial charge in [-0.25, -0.2) is 0 Å². The molecule has 9 aromatic carbocycles. The Morgan fingerprint density at radius 3 is 1.53 bits per heavy atom. The number of fused-ring (bicyclic) bond motifs is 7. The van der Waals surface area contributed by atoms with Crippen molar-refractivity contribution in [3.63, 3.8) is 0 Å². The lowest BCUT2D eigenvalue weighted by atomic mass is 9.92. The average molecular weight is 736 g/mol. The molecule has 11 rings (SSSR count). The first kappa shape index (κ1) is 32.0. The lowest BCUT2D eigenvalue weighted by Gasteiger charge is -2.26. The van der Waals surface area contributed by atoms with Crippen LogP contribution in [0, 0.1) is 0 Å². The third kappa shape index (κ3) is 5.35. The largest absolute Gasteiger partial charge is 0.309 e. The van der Waals surface area contributed by atoms with Gasteiger partial charge in [-0.15, -0.1) is 22.7 Å². The fourth-order valence-electron chi connectivity index (χ4n) is 8.32. The molecule has 0 aliphatic rings. The second kappa shape index (κ2) is 13.1. The molecule has 0 N–H and O–H groups in total. The Bertz CT molecular complexity index is 3190. The topological polar surface area (TPSA) is 3.24 Å². The maximum Gasteiger partial charge on any atom is 0.0640 e. The molecule has 0 amide bonds. The molecule has 2 aromatic heterocycles. The minimum absolute atomic E-state index is 1.13. The third-order valence-electron chi connectivity index (χ3n) is 10.9. The summed E-state index contributed by atoms with van der Waals surface area (Å²) < 4.78 is 5.22. The normalized spacial score (nSPS) is 11.6. The minimum atomic E-state index is 1.13. The molecule has 0 saturated heterocycles. The smallest absolute Gasteiger partial charge is 0.0640 e. The van der Waals surface area contributed by atoms with E-state index in [0.29, 0.717) is 0 Å². The van der Waals surface area contributed by atoms with E-state index in [1.165, 1.54) is 90.2 Å². The average Bonchev–Trinajstić information content (AvgIpc) is 3.83. The van der Waals surface area contributed by atoms with Crippen molar-refractivity contribution in [3.8, 4) is 33.4 Å². The fourth-order valence-corrected chi connectivity index (χ4v) is 10.7. The van der Waals surface area contributed by atoms with Gasteiger partial charge < -0.3 is 4.90 Å². The van der Waals surface area contributed by atoms with Crippen LogP contribution in [0.2, 0.25) is 0 Å². The van der Waals surface area contributed by atoms with Crippen LogP contribution in [0.3, 0.4) is 0 Å². The molecular formula is C52H33NS2. The van der Waals surface area contributed by atoms with Gasteiger partial charge in [-0.1, -0.05) is 158 Å². The summed E-state index contributed by atoms with van der Waals surface area (Å²) >= 11 is 3.76. The number of hydrogen-bond acceptors (Lipinski definition) is 3. The zero-order chi connectivity index (χ0) is 36.3.